The van der Waals surface area contributed by atoms with E-state index in [1.807, 2.05) is 0 Å². The standard InChI is InChI=1S/C25H20F6N2O3S/c26-20-8-10-21(11-9-20)37(35,36)33-15-24(27,28)13-22(33)23(34)32-14-16-2-1-3-18(12-16)17-4-6-19(7-5-17)25(29,30)31/h1-12,22H,13-15H2,(H,32,34). The number of sulfonamides is 1. The highest BCUT2D eigenvalue weighted by Gasteiger charge is 2.52. The molecular formula is C25H20F6N2O3S. The zero-order chi connectivity index (χ0) is 27.0. The molecular weight excluding hydrogens is 522 g/mol. The van der Waals surface area contributed by atoms with Crippen molar-refractivity contribution in [2.45, 2.75) is 36.0 Å². The maximum absolute atomic E-state index is 14.2. The van der Waals surface area contributed by atoms with Crippen molar-refractivity contribution in [3.05, 3.63) is 89.7 Å². The highest BCUT2D eigenvalue weighted by molar-refractivity contribution is 7.89. The van der Waals surface area contributed by atoms with Gasteiger partial charge in [0.15, 0.2) is 0 Å². The predicted octanol–water partition coefficient (Wildman–Crippen LogP) is 5.23. The molecule has 1 saturated heterocycles. The summed E-state index contributed by atoms with van der Waals surface area (Å²) in [7, 11) is -4.51. The van der Waals surface area contributed by atoms with Crippen LogP contribution >= 0.6 is 0 Å². The molecule has 1 aliphatic heterocycles. The Labute approximate surface area is 208 Å². The van der Waals surface area contributed by atoms with Crippen LogP contribution in [0.3, 0.4) is 0 Å². The Morgan fingerprint density at radius 2 is 1.62 bits per heavy atom. The van der Waals surface area contributed by atoms with Gasteiger partial charge in [-0.2, -0.15) is 17.5 Å². The molecule has 0 bridgehead atoms. The number of amides is 1. The zero-order valence-electron chi connectivity index (χ0n) is 19.0. The molecule has 12 heteroatoms. The van der Waals surface area contributed by atoms with E-state index in [0.29, 0.717) is 21.0 Å². The summed E-state index contributed by atoms with van der Waals surface area (Å²) in [5.74, 6) is -5.10. The summed E-state index contributed by atoms with van der Waals surface area (Å²) >= 11 is 0. The molecule has 196 valence electrons. The molecule has 1 aliphatic rings. The highest BCUT2D eigenvalue weighted by atomic mass is 32.2. The molecule has 5 nitrogen and oxygen atoms in total. The van der Waals surface area contributed by atoms with E-state index < -0.39 is 63.3 Å². The first-order valence-corrected chi connectivity index (χ1v) is 12.4. The van der Waals surface area contributed by atoms with Gasteiger partial charge in [-0.1, -0.05) is 30.3 Å². The lowest BCUT2D eigenvalue weighted by Gasteiger charge is -2.22. The average molecular weight is 543 g/mol. The first-order valence-electron chi connectivity index (χ1n) is 11.0. The highest BCUT2D eigenvalue weighted by Crippen LogP contribution is 2.36. The molecule has 0 spiro atoms. The molecule has 0 aromatic heterocycles. The number of nitrogens with zero attached hydrogens (tertiary/aromatic N) is 1. The summed E-state index contributed by atoms with van der Waals surface area (Å²) in [5.41, 5.74) is 0.776. The fraction of sp³-hybridized carbons (Fsp3) is 0.240. The Hall–Kier alpha value is -3.38. The summed E-state index contributed by atoms with van der Waals surface area (Å²) in [4.78, 5) is 12.4. The van der Waals surface area contributed by atoms with Crippen LogP contribution < -0.4 is 5.32 Å². The summed E-state index contributed by atoms with van der Waals surface area (Å²) in [6.07, 6.45) is -5.50. The molecule has 3 aromatic carbocycles. The molecule has 1 atom stereocenters. The Morgan fingerprint density at radius 1 is 0.973 bits per heavy atom. The van der Waals surface area contributed by atoms with Crippen LogP contribution in [0, 0.1) is 5.82 Å². The van der Waals surface area contributed by atoms with E-state index >= 15 is 0 Å². The molecule has 1 heterocycles. The van der Waals surface area contributed by atoms with Gasteiger partial charge in [0.1, 0.15) is 11.9 Å². The van der Waals surface area contributed by atoms with Gasteiger partial charge in [-0.05, 0) is 59.2 Å². The topological polar surface area (TPSA) is 66.5 Å². The van der Waals surface area contributed by atoms with Crippen LogP contribution in [0.1, 0.15) is 17.5 Å². The lowest BCUT2D eigenvalue weighted by Crippen LogP contribution is -2.45. The van der Waals surface area contributed by atoms with E-state index in [9.17, 15) is 39.6 Å². The van der Waals surface area contributed by atoms with Crippen molar-refractivity contribution in [2.24, 2.45) is 0 Å². The van der Waals surface area contributed by atoms with Gasteiger partial charge in [0.2, 0.25) is 15.9 Å². The number of carbonyl (C=O) groups is 1. The first kappa shape index (κ1) is 26.7. The molecule has 37 heavy (non-hydrogen) atoms. The third-order valence-electron chi connectivity index (χ3n) is 5.89. The normalized spacial score (nSPS) is 18.1. The molecule has 4 rings (SSSR count). The van der Waals surface area contributed by atoms with E-state index in [2.05, 4.69) is 5.32 Å². The number of hydrogen-bond acceptors (Lipinski definition) is 3. The predicted molar refractivity (Wildman–Crippen MR) is 122 cm³/mol. The Morgan fingerprint density at radius 3 is 2.24 bits per heavy atom. The zero-order valence-corrected chi connectivity index (χ0v) is 19.8. The number of nitrogens with one attached hydrogen (secondary N) is 1. The van der Waals surface area contributed by atoms with Gasteiger partial charge in [0, 0.05) is 13.0 Å². The van der Waals surface area contributed by atoms with Crippen LogP contribution in [0.25, 0.3) is 11.1 Å². The van der Waals surface area contributed by atoms with Crippen molar-refractivity contribution < 1.29 is 39.6 Å². The molecule has 0 radical (unpaired) electrons. The average Bonchev–Trinajstić information content (AvgIpc) is 3.19. The van der Waals surface area contributed by atoms with Gasteiger partial charge in [0.05, 0.1) is 17.0 Å². The second-order valence-corrected chi connectivity index (χ2v) is 10.5. The molecule has 1 fully saturated rings. The van der Waals surface area contributed by atoms with Crippen LogP contribution in [-0.2, 0) is 27.5 Å². The van der Waals surface area contributed by atoms with E-state index in [4.69, 9.17) is 0 Å². The smallest absolute Gasteiger partial charge is 0.351 e. The number of hydrogen-bond donors (Lipinski definition) is 1. The maximum Gasteiger partial charge on any atom is 0.416 e. The van der Waals surface area contributed by atoms with Crippen LogP contribution in [0.4, 0.5) is 26.3 Å². The Kier molecular flexibility index (Phi) is 7.08. The summed E-state index contributed by atoms with van der Waals surface area (Å²) in [6.45, 7) is -1.34. The molecule has 0 saturated carbocycles. The van der Waals surface area contributed by atoms with E-state index in [1.54, 1.807) is 24.3 Å². The second kappa shape index (κ2) is 9.82. The van der Waals surface area contributed by atoms with Crippen molar-refractivity contribution in [1.82, 2.24) is 9.62 Å². The second-order valence-electron chi connectivity index (χ2n) is 8.57. The maximum atomic E-state index is 14.2. The van der Waals surface area contributed by atoms with Gasteiger partial charge in [-0.15, -0.1) is 0 Å². The summed E-state index contributed by atoms with van der Waals surface area (Å²) in [5, 5.41) is 2.46. The lowest BCUT2D eigenvalue weighted by atomic mass is 10.0. The van der Waals surface area contributed by atoms with Crippen molar-refractivity contribution in [2.75, 3.05) is 6.54 Å². The molecule has 1 unspecified atom stereocenters. The molecule has 1 N–H and O–H groups in total. The molecule has 0 aliphatic carbocycles. The molecule has 3 aromatic rings. The number of rotatable bonds is 6. The van der Waals surface area contributed by atoms with Crippen molar-refractivity contribution >= 4 is 15.9 Å². The fourth-order valence-electron chi connectivity index (χ4n) is 4.02. The number of alkyl halides is 5. The quantitative estimate of drug-likeness (QED) is 0.434. The number of benzene rings is 3. The Balaban J connectivity index is 1.49. The third kappa shape index (κ3) is 5.96. The molecule has 1 amide bonds. The van der Waals surface area contributed by atoms with Gasteiger partial charge in [-0.25, -0.2) is 21.6 Å². The van der Waals surface area contributed by atoms with Crippen molar-refractivity contribution in [3.63, 3.8) is 0 Å². The van der Waals surface area contributed by atoms with E-state index in [0.717, 1.165) is 36.4 Å². The van der Waals surface area contributed by atoms with E-state index in [1.165, 1.54) is 12.1 Å². The van der Waals surface area contributed by atoms with Gasteiger partial charge < -0.3 is 5.32 Å². The minimum Gasteiger partial charge on any atom is -0.351 e. The van der Waals surface area contributed by atoms with Crippen molar-refractivity contribution in [3.8, 4) is 11.1 Å². The number of carbonyl (C=O) groups excluding carboxylic acids is 1. The van der Waals surface area contributed by atoms with Gasteiger partial charge in [0.25, 0.3) is 5.92 Å². The van der Waals surface area contributed by atoms with Crippen LogP contribution in [0.5, 0.6) is 0 Å². The summed E-state index contributed by atoms with van der Waals surface area (Å²) < 4.78 is 106. The van der Waals surface area contributed by atoms with Crippen LogP contribution in [-0.4, -0.2) is 37.1 Å². The minimum absolute atomic E-state index is 0.139. The Bertz CT molecular complexity index is 1390. The van der Waals surface area contributed by atoms with Gasteiger partial charge in [-0.3, -0.25) is 4.79 Å². The third-order valence-corrected chi connectivity index (χ3v) is 7.76. The lowest BCUT2D eigenvalue weighted by molar-refractivity contribution is -0.137. The SMILES string of the molecule is O=C(NCc1cccc(-c2ccc(C(F)(F)F)cc2)c1)C1CC(F)(F)CN1S(=O)(=O)c1ccc(F)cc1. The fourth-order valence-corrected chi connectivity index (χ4v) is 5.64. The monoisotopic (exact) mass is 542 g/mol. The van der Waals surface area contributed by atoms with Gasteiger partial charge >= 0.3 is 6.18 Å². The minimum atomic E-state index is -4.51. The number of halogens is 6. The summed E-state index contributed by atoms with van der Waals surface area (Å²) in [6, 6.07) is 12.9. The van der Waals surface area contributed by atoms with E-state index in [-0.39, 0.29) is 6.54 Å². The van der Waals surface area contributed by atoms with Crippen LogP contribution in [0.2, 0.25) is 0 Å². The van der Waals surface area contributed by atoms with Crippen LogP contribution in [0.15, 0.2) is 77.7 Å². The first-order chi connectivity index (χ1) is 17.3. The largest absolute Gasteiger partial charge is 0.416 e. The van der Waals surface area contributed by atoms with Crippen molar-refractivity contribution in [1.29, 1.82) is 0 Å².